The summed E-state index contributed by atoms with van der Waals surface area (Å²) in [5, 5.41) is 0. The third-order valence-corrected chi connectivity index (χ3v) is 2.13. The number of hydrogen-bond donors (Lipinski definition) is 2. The molecule has 0 aliphatic rings. The Morgan fingerprint density at radius 2 is 2.18 bits per heavy atom. The lowest BCUT2D eigenvalue weighted by molar-refractivity contribution is 0.0994. The highest BCUT2D eigenvalue weighted by Gasteiger charge is 2.07. The van der Waals surface area contributed by atoms with Crippen molar-refractivity contribution in [3.63, 3.8) is 0 Å². The molecule has 0 saturated carbocycles. The number of nitrogens with zero attached hydrogens (tertiary/aromatic N) is 2. The Labute approximate surface area is 101 Å². The Morgan fingerprint density at radius 1 is 1.47 bits per heavy atom. The first kappa shape index (κ1) is 13.2. The molecular weight excluding hydrogens is 220 g/mol. The van der Waals surface area contributed by atoms with Gasteiger partial charge in [-0.2, -0.15) is 0 Å². The maximum atomic E-state index is 10.9. The molecule has 17 heavy (non-hydrogen) atoms. The van der Waals surface area contributed by atoms with Crippen molar-refractivity contribution < 1.29 is 9.53 Å². The molecule has 0 radical (unpaired) electrons. The molecule has 6 heteroatoms. The number of ether oxygens (including phenoxy) is 1. The molecule has 0 spiro atoms. The number of anilines is 1. The first-order valence-corrected chi connectivity index (χ1v) is 5.34. The predicted octanol–water partition coefficient (Wildman–Crippen LogP) is 0.0932. The van der Waals surface area contributed by atoms with Crippen LogP contribution in [0.15, 0.2) is 12.1 Å². The van der Waals surface area contributed by atoms with E-state index < -0.39 is 5.91 Å². The zero-order valence-electron chi connectivity index (χ0n) is 10.1. The topological polar surface area (TPSA) is 94.5 Å². The predicted molar refractivity (Wildman–Crippen MR) is 65.8 cm³/mol. The van der Waals surface area contributed by atoms with Gasteiger partial charge in [0, 0.05) is 6.54 Å². The smallest absolute Gasteiger partial charge is 0.267 e. The summed E-state index contributed by atoms with van der Waals surface area (Å²) < 4.78 is 5.41. The van der Waals surface area contributed by atoms with Gasteiger partial charge in [0.25, 0.3) is 5.91 Å². The Hall–Kier alpha value is -1.82. The molecule has 0 bridgehead atoms. The van der Waals surface area contributed by atoms with Crippen molar-refractivity contribution in [2.75, 3.05) is 33.0 Å². The summed E-state index contributed by atoms with van der Waals surface area (Å²) in [6.45, 7) is 1.41. The fraction of sp³-hybridized carbons (Fsp3) is 0.455. The largest absolute Gasteiger partial charge is 0.476 e. The minimum atomic E-state index is -0.594. The van der Waals surface area contributed by atoms with Crippen LogP contribution >= 0.6 is 0 Å². The summed E-state index contributed by atoms with van der Waals surface area (Å²) in [6, 6.07) is 3.04. The van der Waals surface area contributed by atoms with Crippen LogP contribution in [0.25, 0.3) is 0 Å². The van der Waals surface area contributed by atoms with Gasteiger partial charge in [0.05, 0.1) is 12.3 Å². The van der Waals surface area contributed by atoms with Gasteiger partial charge in [0.2, 0.25) is 5.88 Å². The van der Waals surface area contributed by atoms with E-state index in [-0.39, 0.29) is 11.6 Å². The number of amides is 1. The summed E-state index contributed by atoms with van der Waals surface area (Å²) in [5.74, 6) is -0.330. The van der Waals surface area contributed by atoms with Crippen molar-refractivity contribution in [3.8, 4) is 5.88 Å². The summed E-state index contributed by atoms with van der Waals surface area (Å²) in [4.78, 5) is 16.9. The average Bonchev–Trinajstić information content (AvgIpc) is 2.25. The number of nitrogen functional groups attached to an aromatic ring is 1. The average molecular weight is 238 g/mol. The molecule has 1 amide bonds. The van der Waals surface area contributed by atoms with Gasteiger partial charge in [-0.25, -0.2) is 4.98 Å². The highest BCUT2D eigenvalue weighted by atomic mass is 16.5. The van der Waals surface area contributed by atoms with Crippen LogP contribution < -0.4 is 16.2 Å². The van der Waals surface area contributed by atoms with E-state index in [1.54, 1.807) is 6.07 Å². The van der Waals surface area contributed by atoms with Crippen LogP contribution in [-0.4, -0.2) is 43.0 Å². The van der Waals surface area contributed by atoms with Crippen molar-refractivity contribution in [3.05, 3.63) is 17.8 Å². The number of carbonyl (C=O) groups excluding carboxylic acids is 1. The number of aromatic nitrogens is 1. The first-order chi connectivity index (χ1) is 8.00. The van der Waals surface area contributed by atoms with Gasteiger partial charge in [-0.15, -0.1) is 0 Å². The Balaban J connectivity index is 2.57. The van der Waals surface area contributed by atoms with Crippen molar-refractivity contribution >= 4 is 11.6 Å². The standard InChI is InChI=1S/C11H18N4O2/c1-15(2)6-3-7-17-11-8(12)4-5-9(14-11)10(13)16/h4-5H,3,6-7,12H2,1-2H3,(H2,13,16). The minimum Gasteiger partial charge on any atom is -0.476 e. The number of rotatable bonds is 6. The number of hydrogen-bond acceptors (Lipinski definition) is 5. The monoisotopic (exact) mass is 238 g/mol. The lowest BCUT2D eigenvalue weighted by Crippen LogP contribution is -2.17. The molecule has 4 N–H and O–H groups in total. The second-order valence-corrected chi connectivity index (χ2v) is 3.96. The lowest BCUT2D eigenvalue weighted by Gasteiger charge is -2.11. The van der Waals surface area contributed by atoms with E-state index in [1.165, 1.54) is 6.07 Å². The molecule has 94 valence electrons. The van der Waals surface area contributed by atoms with Crippen LogP contribution in [0.1, 0.15) is 16.9 Å². The third kappa shape index (κ3) is 4.28. The van der Waals surface area contributed by atoms with E-state index in [0.29, 0.717) is 12.3 Å². The molecular formula is C11H18N4O2. The van der Waals surface area contributed by atoms with E-state index in [9.17, 15) is 4.79 Å². The molecule has 1 heterocycles. The molecule has 0 aromatic carbocycles. The van der Waals surface area contributed by atoms with Crippen LogP contribution in [0.4, 0.5) is 5.69 Å². The van der Waals surface area contributed by atoms with Crippen LogP contribution in [0.5, 0.6) is 5.88 Å². The van der Waals surface area contributed by atoms with Gasteiger partial charge >= 0.3 is 0 Å². The van der Waals surface area contributed by atoms with Gasteiger partial charge in [-0.1, -0.05) is 0 Å². The summed E-state index contributed by atoms with van der Waals surface area (Å²) in [7, 11) is 3.97. The Bertz CT molecular complexity index is 393. The molecule has 1 aromatic rings. The Kier molecular flexibility index (Phi) is 4.71. The summed E-state index contributed by atoms with van der Waals surface area (Å²) in [6.07, 6.45) is 0.856. The lowest BCUT2D eigenvalue weighted by atomic mass is 10.3. The number of pyridine rings is 1. The second-order valence-electron chi connectivity index (χ2n) is 3.96. The molecule has 6 nitrogen and oxygen atoms in total. The van der Waals surface area contributed by atoms with Crippen LogP contribution in [-0.2, 0) is 0 Å². The van der Waals surface area contributed by atoms with Gasteiger partial charge < -0.3 is 21.1 Å². The van der Waals surface area contributed by atoms with E-state index in [0.717, 1.165) is 13.0 Å². The highest BCUT2D eigenvalue weighted by molar-refractivity contribution is 5.91. The maximum absolute atomic E-state index is 10.9. The summed E-state index contributed by atoms with van der Waals surface area (Å²) in [5.41, 5.74) is 11.4. The third-order valence-electron chi connectivity index (χ3n) is 2.13. The van der Waals surface area contributed by atoms with Crippen LogP contribution in [0, 0.1) is 0 Å². The Morgan fingerprint density at radius 3 is 2.76 bits per heavy atom. The molecule has 0 saturated heterocycles. The highest BCUT2D eigenvalue weighted by Crippen LogP contribution is 2.18. The molecule has 0 fully saturated rings. The van der Waals surface area contributed by atoms with Gasteiger partial charge in [-0.3, -0.25) is 4.79 Å². The normalized spacial score (nSPS) is 10.5. The SMILES string of the molecule is CN(C)CCCOc1nc(C(N)=O)ccc1N. The van der Waals surface area contributed by atoms with E-state index in [4.69, 9.17) is 16.2 Å². The molecule has 0 aliphatic heterocycles. The molecule has 0 aliphatic carbocycles. The van der Waals surface area contributed by atoms with E-state index >= 15 is 0 Å². The molecule has 0 unspecified atom stereocenters. The quantitative estimate of drug-likeness (QED) is 0.685. The fourth-order valence-corrected chi connectivity index (χ4v) is 1.25. The molecule has 0 atom stereocenters. The zero-order chi connectivity index (χ0) is 12.8. The van der Waals surface area contributed by atoms with Crippen molar-refractivity contribution in [1.82, 2.24) is 9.88 Å². The number of carbonyl (C=O) groups is 1. The van der Waals surface area contributed by atoms with E-state index in [1.807, 2.05) is 14.1 Å². The number of nitrogens with two attached hydrogens (primary N) is 2. The second kappa shape index (κ2) is 6.05. The fourth-order valence-electron chi connectivity index (χ4n) is 1.25. The van der Waals surface area contributed by atoms with Crippen molar-refractivity contribution in [2.45, 2.75) is 6.42 Å². The van der Waals surface area contributed by atoms with Crippen molar-refractivity contribution in [1.29, 1.82) is 0 Å². The van der Waals surface area contributed by atoms with Gasteiger partial charge in [0.1, 0.15) is 5.69 Å². The molecule has 1 aromatic heterocycles. The van der Waals surface area contributed by atoms with Gasteiger partial charge in [-0.05, 0) is 32.6 Å². The first-order valence-electron chi connectivity index (χ1n) is 5.34. The number of primary amides is 1. The van der Waals surface area contributed by atoms with Crippen molar-refractivity contribution in [2.24, 2.45) is 5.73 Å². The minimum absolute atomic E-state index is 0.154. The zero-order valence-corrected chi connectivity index (χ0v) is 10.1. The molecule has 1 rings (SSSR count). The van der Waals surface area contributed by atoms with E-state index in [2.05, 4.69) is 9.88 Å². The van der Waals surface area contributed by atoms with Gasteiger partial charge in [0.15, 0.2) is 0 Å². The van der Waals surface area contributed by atoms with Crippen LogP contribution in [0.2, 0.25) is 0 Å². The summed E-state index contributed by atoms with van der Waals surface area (Å²) >= 11 is 0. The van der Waals surface area contributed by atoms with Crippen LogP contribution in [0.3, 0.4) is 0 Å². The maximum Gasteiger partial charge on any atom is 0.267 e.